The molecule has 7 nitrogen and oxygen atoms in total. The Hall–Kier alpha value is -2.95. The Labute approximate surface area is 193 Å². The molecule has 0 spiro atoms. The highest BCUT2D eigenvalue weighted by Gasteiger charge is 2.27. The van der Waals surface area contributed by atoms with Gasteiger partial charge in [-0.25, -0.2) is 12.8 Å². The Morgan fingerprint density at radius 1 is 0.788 bits per heavy atom. The van der Waals surface area contributed by atoms with E-state index in [-0.39, 0.29) is 28.1 Å². The number of ether oxygens (including phenoxy) is 1. The van der Waals surface area contributed by atoms with Crippen LogP contribution in [0.4, 0.5) is 4.39 Å². The van der Waals surface area contributed by atoms with E-state index in [4.69, 9.17) is 8.92 Å². The molecule has 33 heavy (non-hydrogen) atoms. The zero-order valence-corrected chi connectivity index (χ0v) is 19.9. The molecule has 0 unspecified atom stereocenters. The largest absolute Gasteiger partial charge is 0.497 e. The Morgan fingerprint density at radius 3 is 1.82 bits per heavy atom. The molecule has 3 aromatic carbocycles. The van der Waals surface area contributed by atoms with E-state index >= 15 is 0 Å². The molecule has 3 aromatic rings. The van der Waals surface area contributed by atoms with Crippen LogP contribution in [0.3, 0.4) is 0 Å². The third kappa shape index (κ3) is 5.89. The van der Waals surface area contributed by atoms with Crippen molar-refractivity contribution in [3.8, 4) is 11.5 Å². The fourth-order valence-corrected chi connectivity index (χ4v) is 5.59. The smallest absolute Gasteiger partial charge is 0.339 e. The van der Waals surface area contributed by atoms with Crippen LogP contribution in [0.15, 0.2) is 82.6 Å². The molecule has 0 radical (unpaired) electrons. The normalized spacial score (nSPS) is 12.2. The molecule has 0 aliphatic rings. The lowest BCUT2D eigenvalue weighted by Gasteiger charge is -2.26. The molecule has 10 heteroatoms. The average molecular weight is 494 g/mol. The van der Waals surface area contributed by atoms with Gasteiger partial charge in [0.2, 0.25) is 10.0 Å². The molecule has 0 bridgehead atoms. The quantitative estimate of drug-likeness (QED) is 0.415. The first-order chi connectivity index (χ1) is 15.5. The maximum Gasteiger partial charge on any atom is 0.339 e. The number of halogens is 1. The van der Waals surface area contributed by atoms with Gasteiger partial charge in [-0.1, -0.05) is 12.1 Å². The van der Waals surface area contributed by atoms with E-state index in [9.17, 15) is 21.2 Å². The average Bonchev–Trinajstić information content (AvgIpc) is 2.78. The molecule has 0 aliphatic heterocycles. The van der Waals surface area contributed by atoms with E-state index in [1.165, 1.54) is 35.7 Å². The highest BCUT2D eigenvalue weighted by Crippen LogP contribution is 2.25. The van der Waals surface area contributed by atoms with E-state index in [0.29, 0.717) is 11.3 Å². The van der Waals surface area contributed by atoms with Crippen LogP contribution in [0.25, 0.3) is 0 Å². The maximum absolute atomic E-state index is 13.2. The molecule has 176 valence electrons. The van der Waals surface area contributed by atoms with Crippen LogP contribution in [0.5, 0.6) is 11.5 Å². The molecule has 3 rings (SSSR count). The van der Waals surface area contributed by atoms with Crippen molar-refractivity contribution in [3.63, 3.8) is 0 Å². The van der Waals surface area contributed by atoms with Crippen LogP contribution < -0.4 is 8.92 Å². The minimum atomic E-state index is -4.13. The maximum atomic E-state index is 13.2. The third-order valence-corrected chi connectivity index (χ3v) is 8.11. The summed E-state index contributed by atoms with van der Waals surface area (Å²) in [6.07, 6.45) is 0. The Bertz CT molecular complexity index is 1290. The second-order valence-corrected chi connectivity index (χ2v) is 10.9. The van der Waals surface area contributed by atoms with Crippen molar-refractivity contribution in [2.75, 3.05) is 7.11 Å². The van der Waals surface area contributed by atoms with Gasteiger partial charge in [-0.15, -0.1) is 0 Å². The fraction of sp³-hybridized carbons (Fsp3) is 0.217. The topological polar surface area (TPSA) is 90.0 Å². The van der Waals surface area contributed by atoms with Gasteiger partial charge in [-0.3, -0.25) is 0 Å². The molecule has 0 aromatic heterocycles. The van der Waals surface area contributed by atoms with Crippen molar-refractivity contribution in [2.24, 2.45) is 0 Å². The summed E-state index contributed by atoms with van der Waals surface area (Å²) in [6.45, 7) is 3.62. The van der Waals surface area contributed by atoms with Gasteiger partial charge in [0.25, 0.3) is 0 Å². The summed E-state index contributed by atoms with van der Waals surface area (Å²) in [6, 6.07) is 16.2. The van der Waals surface area contributed by atoms with Crippen LogP contribution in [0.1, 0.15) is 19.4 Å². The van der Waals surface area contributed by atoms with E-state index in [0.717, 1.165) is 24.3 Å². The highest BCUT2D eigenvalue weighted by atomic mass is 32.2. The van der Waals surface area contributed by atoms with Crippen LogP contribution in [0.2, 0.25) is 0 Å². The molecule has 0 amide bonds. The van der Waals surface area contributed by atoms with Gasteiger partial charge in [0.15, 0.2) is 0 Å². The van der Waals surface area contributed by atoms with Crippen LogP contribution in [-0.4, -0.2) is 34.3 Å². The van der Waals surface area contributed by atoms with Crippen molar-refractivity contribution in [2.45, 2.75) is 36.2 Å². The SMILES string of the molecule is COc1ccc(S(=O)(=O)N(Cc2ccc(OS(=O)(=O)c3ccc(F)cc3)cc2)C(C)C)cc1. The molecule has 0 saturated carbocycles. The number of sulfonamides is 1. The molecular weight excluding hydrogens is 469 g/mol. The van der Waals surface area contributed by atoms with E-state index in [2.05, 4.69) is 0 Å². The number of hydrogen-bond donors (Lipinski definition) is 0. The Morgan fingerprint density at radius 2 is 1.30 bits per heavy atom. The molecular formula is C23H24FNO6S2. The number of benzene rings is 3. The predicted octanol–water partition coefficient (Wildman–Crippen LogP) is 4.20. The van der Waals surface area contributed by atoms with Gasteiger partial charge in [0.1, 0.15) is 22.2 Å². The van der Waals surface area contributed by atoms with Crippen molar-refractivity contribution >= 4 is 20.1 Å². The first-order valence-corrected chi connectivity index (χ1v) is 12.8. The molecule has 0 atom stereocenters. The zero-order chi connectivity index (χ0) is 24.2. The standard InChI is InChI=1S/C23H24FNO6S2/c1-17(2)25(32(26,27)22-14-10-20(30-3)11-15-22)16-18-4-8-21(9-5-18)31-33(28,29)23-12-6-19(24)7-13-23/h4-15,17H,16H2,1-3H3. The van der Waals surface area contributed by atoms with Gasteiger partial charge < -0.3 is 8.92 Å². The Balaban J connectivity index is 1.78. The molecule has 0 fully saturated rings. The summed E-state index contributed by atoms with van der Waals surface area (Å²) in [5, 5.41) is 0. The first-order valence-electron chi connectivity index (χ1n) is 9.98. The number of hydrogen-bond acceptors (Lipinski definition) is 6. The second kappa shape index (κ2) is 9.90. The summed E-state index contributed by atoms with van der Waals surface area (Å²) in [7, 11) is -6.41. The van der Waals surface area contributed by atoms with Gasteiger partial charge in [0.05, 0.1) is 12.0 Å². The zero-order valence-electron chi connectivity index (χ0n) is 18.3. The minimum absolute atomic E-state index is 0.0529. The molecule has 0 aliphatic carbocycles. The van der Waals surface area contributed by atoms with Gasteiger partial charge in [0, 0.05) is 12.6 Å². The minimum Gasteiger partial charge on any atom is -0.497 e. The monoisotopic (exact) mass is 493 g/mol. The van der Waals surface area contributed by atoms with Gasteiger partial charge in [-0.05, 0) is 80.1 Å². The number of methoxy groups -OCH3 is 1. The lowest BCUT2D eigenvalue weighted by atomic mass is 10.2. The van der Waals surface area contributed by atoms with Crippen LogP contribution in [0, 0.1) is 5.82 Å². The van der Waals surface area contributed by atoms with Gasteiger partial charge >= 0.3 is 10.1 Å². The number of rotatable bonds is 9. The van der Waals surface area contributed by atoms with Gasteiger partial charge in [-0.2, -0.15) is 12.7 Å². The van der Waals surface area contributed by atoms with Crippen molar-refractivity contribution < 1.29 is 30.1 Å². The van der Waals surface area contributed by atoms with Crippen molar-refractivity contribution in [1.82, 2.24) is 4.31 Å². The lowest BCUT2D eigenvalue weighted by Crippen LogP contribution is -2.36. The van der Waals surface area contributed by atoms with Crippen molar-refractivity contribution in [3.05, 3.63) is 84.2 Å². The third-order valence-electron chi connectivity index (χ3n) is 4.81. The molecule has 0 heterocycles. The second-order valence-electron chi connectivity index (χ2n) is 7.45. The summed E-state index contributed by atoms with van der Waals surface area (Å²) < 4.78 is 75.6. The number of nitrogens with zero attached hydrogens (tertiary/aromatic N) is 1. The van der Waals surface area contributed by atoms with E-state index in [1.54, 1.807) is 38.1 Å². The first kappa shape index (κ1) is 24.7. The van der Waals surface area contributed by atoms with Crippen LogP contribution >= 0.6 is 0 Å². The van der Waals surface area contributed by atoms with Crippen molar-refractivity contribution in [1.29, 1.82) is 0 Å². The van der Waals surface area contributed by atoms with E-state index < -0.39 is 26.0 Å². The predicted molar refractivity (Wildman–Crippen MR) is 122 cm³/mol. The summed E-state index contributed by atoms with van der Waals surface area (Å²) >= 11 is 0. The summed E-state index contributed by atoms with van der Waals surface area (Å²) in [5.41, 5.74) is 0.646. The lowest BCUT2D eigenvalue weighted by molar-refractivity contribution is 0.348. The highest BCUT2D eigenvalue weighted by molar-refractivity contribution is 7.89. The van der Waals surface area contributed by atoms with E-state index in [1.807, 2.05) is 0 Å². The molecule has 0 saturated heterocycles. The molecule has 0 N–H and O–H groups in total. The van der Waals surface area contributed by atoms with Crippen LogP contribution in [-0.2, 0) is 26.7 Å². The summed E-state index contributed by atoms with van der Waals surface area (Å²) in [4.78, 5) is -0.0353. The summed E-state index contributed by atoms with van der Waals surface area (Å²) in [5.74, 6) is 0.0472. The Kier molecular flexibility index (Phi) is 7.41. The fourth-order valence-electron chi connectivity index (χ4n) is 3.03.